The Hall–Kier alpha value is -3.02. The molecule has 6 heteroatoms. The Kier molecular flexibility index (Phi) is 6.89. The summed E-state index contributed by atoms with van der Waals surface area (Å²) >= 11 is 0. The fourth-order valence-electron chi connectivity index (χ4n) is 3.16. The normalized spacial score (nSPS) is 16.0. The highest BCUT2D eigenvalue weighted by Crippen LogP contribution is 2.20. The van der Waals surface area contributed by atoms with E-state index in [2.05, 4.69) is 0 Å². The quantitative estimate of drug-likeness (QED) is 0.616. The van der Waals surface area contributed by atoms with E-state index in [-0.39, 0.29) is 18.6 Å². The molecule has 1 atom stereocenters. The summed E-state index contributed by atoms with van der Waals surface area (Å²) in [7, 11) is 1.62. The highest BCUT2D eigenvalue weighted by molar-refractivity contribution is 5.93. The molecule has 2 aromatic rings. The van der Waals surface area contributed by atoms with E-state index in [0.29, 0.717) is 25.9 Å². The third kappa shape index (κ3) is 5.25. The van der Waals surface area contributed by atoms with Crippen LogP contribution in [0, 0.1) is 0 Å². The molecule has 0 spiro atoms. The third-order valence-electron chi connectivity index (χ3n) is 4.66. The first-order valence-corrected chi connectivity index (χ1v) is 9.47. The van der Waals surface area contributed by atoms with Gasteiger partial charge in [0.2, 0.25) is 5.91 Å². The SMILES string of the molecule is COc1ccc(OCCCCC(=O)N2C(=O)OC[C@@H]2Cc2ccccc2)cc1. The first kappa shape index (κ1) is 19.7. The van der Waals surface area contributed by atoms with Crippen molar-refractivity contribution in [1.29, 1.82) is 0 Å². The molecule has 1 aliphatic heterocycles. The second-order valence-electron chi connectivity index (χ2n) is 6.67. The first-order chi connectivity index (χ1) is 13.7. The average molecular weight is 383 g/mol. The van der Waals surface area contributed by atoms with Gasteiger partial charge in [-0.2, -0.15) is 0 Å². The van der Waals surface area contributed by atoms with Crippen LogP contribution in [0.4, 0.5) is 4.79 Å². The number of nitrogens with zero attached hydrogens (tertiary/aromatic N) is 1. The molecule has 148 valence electrons. The topological polar surface area (TPSA) is 65.1 Å². The molecule has 1 aliphatic rings. The van der Waals surface area contributed by atoms with E-state index in [9.17, 15) is 9.59 Å². The highest BCUT2D eigenvalue weighted by Gasteiger charge is 2.37. The summed E-state index contributed by atoms with van der Waals surface area (Å²) in [6, 6.07) is 16.9. The number of carbonyl (C=O) groups is 2. The molecule has 0 aromatic heterocycles. The number of imide groups is 1. The summed E-state index contributed by atoms with van der Waals surface area (Å²) in [5, 5.41) is 0. The zero-order valence-electron chi connectivity index (χ0n) is 16.0. The maximum Gasteiger partial charge on any atom is 0.416 e. The van der Waals surface area contributed by atoms with Crippen molar-refractivity contribution >= 4 is 12.0 Å². The minimum absolute atomic E-state index is 0.187. The van der Waals surface area contributed by atoms with Crippen molar-refractivity contribution in [2.24, 2.45) is 0 Å². The van der Waals surface area contributed by atoms with Gasteiger partial charge in [-0.15, -0.1) is 0 Å². The van der Waals surface area contributed by atoms with Crippen molar-refractivity contribution in [3.05, 3.63) is 60.2 Å². The Bertz CT molecular complexity index is 775. The highest BCUT2D eigenvalue weighted by atomic mass is 16.6. The summed E-state index contributed by atoms with van der Waals surface area (Å²) < 4.78 is 15.9. The number of ether oxygens (including phenoxy) is 3. The number of methoxy groups -OCH3 is 1. The maximum absolute atomic E-state index is 12.5. The smallest absolute Gasteiger partial charge is 0.416 e. The number of cyclic esters (lactones) is 1. The van der Waals surface area contributed by atoms with Crippen LogP contribution in [0.1, 0.15) is 24.8 Å². The molecule has 1 saturated heterocycles. The van der Waals surface area contributed by atoms with E-state index >= 15 is 0 Å². The zero-order valence-corrected chi connectivity index (χ0v) is 16.0. The number of hydrogen-bond donors (Lipinski definition) is 0. The zero-order chi connectivity index (χ0) is 19.8. The standard InChI is InChI=1S/C22H25NO5/c1-26-19-10-12-20(13-11-19)27-14-6-5-9-21(24)23-18(16-28-22(23)25)15-17-7-3-2-4-8-17/h2-4,7-8,10-13,18H,5-6,9,14-16H2,1H3/t18-/m0/s1. The van der Waals surface area contributed by atoms with Crippen LogP contribution in [0.2, 0.25) is 0 Å². The number of rotatable bonds is 9. The van der Waals surface area contributed by atoms with E-state index in [0.717, 1.165) is 23.5 Å². The second kappa shape index (κ2) is 9.78. The summed E-state index contributed by atoms with van der Waals surface area (Å²) in [5.74, 6) is 1.35. The number of benzene rings is 2. The van der Waals surface area contributed by atoms with Gasteiger partial charge in [0.1, 0.15) is 18.1 Å². The van der Waals surface area contributed by atoms with Crippen LogP contribution in [0.25, 0.3) is 0 Å². The van der Waals surface area contributed by atoms with Gasteiger partial charge in [-0.05, 0) is 49.1 Å². The molecule has 28 heavy (non-hydrogen) atoms. The van der Waals surface area contributed by atoms with Gasteiger partial charge in [-0.3, -0.25) is 4.79 Å². The molecule has 0 aliphatic carbocycles. The Labute approximate surface area is 165 Å². The van der Waals surface area contributed by atoms with Crippen LogP contribution >= 0.6 is 0 Å². The molecule has 1 fully saturated rings. The molecule has 1 heterocycles. The van der Waals surface area contributed by atoms with E-state index in [1.165, 1.54) is 4.90 Å². The van der Waals surface area contributed by atoms with Crippen LogP contribution in [0.3, 0.4) is 0 Å². The summed E-state index contributed by atoms with van der Waals surface area (Å²) in [6.45, 7) is 0.761. The van der Waals surface area contributed by atoms with Gasteiger partial charge in [-0.25, -0.2) is 9.69 Å². The summed E-state index contributed by atoms with van der Waals surface area (Å²) in [5.41, 5.74) is 1.08. The van der Waals surface area contributed by atoms with Crippen LogP contribution in [-0.2, 0) is 16.0 Å². The van der Waals surface area contributed by atoms with Crippen molar-refractivity contribution in [3.8, 4) is 11.5 Å². The van der Waals surface area contributed by atoms with Gasteiger partial charge in [0.25, 0.3) is 0 Å². The van der Waals surface area contributed by atoms with Crippen LogP contribution in [-0.4, -0.2) is 43.3 Å². The average Bonchev–Trinajstić information content (AvgIpc) is 3.09. The van der Waals surface area contributed by atoms with Gasteiger partial charge in [0.05, 0.1) is 19.8 Å². The van der Waals surface area contributed by atoms with Crippen molar-refractivity contribution in [1.82, 2.24) is 4.90 Å². The lowest BCUT2D eigenvalue weighted by atomic mass is 10.1. The van der Waals surface area contributed by atoms with Crippen LogP contribution in [0.5, 0.6) is 11.5 Å². The lowest BCUT2D eigenvalue weighted by molar-refractivity contribution is -0.129. The van der Waals surface area contributed by atoms with Crippen LogP contribution in [0.15, 0.2) is 54.6 Å². The lowest BCUT2D eigenvalue weighted by Gasteiger charge is -2.19. The van der Waals surface area contributed by atoms with Gasteiger partial charge >= 0.3 is 6.09 Å². The second-order valence-corrected chi connectivity index (χ2v) is 6.67. The third-order valence-corrected chi connectivity index (χ3v) is 4.66. The molecule has 0 unspecified atom stereocenters. The molecule has 2 aromatic carbocycles. The van der Waals surface area contributed by atoms with Crippen molar-refractivity contribution in [2.75, 3.05) is 20.3 Å². The minimum Gasteiger partial charge on any atom is -0.497 e. The first-order valence-electron chi connectivity index (χ1n) is 9.47. The Morgan fingerprint density at radius 3 is 2.50 bits per heavy atom. The molecule has 0 bridgehead atoms. The van der Waals surface area contributed by atoms with Gasteiger partial charge in [0, 0.05) is 6.42 Å². The van der Waals surface area contributed by atoms with Gasteiger partial charge in [-0.1, -0.05) is 30.3 Å². The molecular weight excluding hydrogens is 358 g/mol. The fraction of sp³-hybridized carbons (Fsp3) is 0.364. The fourth-order valence-corrected chi connectivity index (χ4v) is 3.16. The van der Waals surface area contributed by atoms with Crippen molar-refractivity contribution in [3.63, 3.8) is 0 Å². The predicted molar refractivity (Wildman–Crippen MR) is 104 cm³/mol. The van der Waals surface area contributed by atoms with Crippen molar-refractivity contribution < 1.29 is 23.8 Å². The molecule has 0 saturated carbocycles. The number of amides is 2. The summed E-state index contributed by atoms with van der Waals surface area (Å²) in [6.07, 6.45) is 1.74. The van der Waals surface area contributed by atoms with E-state index in [1.807, 2.05) is 54.6 Å². The van der Waals surface area contributed by atoms with E-state index < -0.39 is 6.09 Å². The number of unbranched alkanes of at least 4 members (excludes halogenated alkanes) is 1. The Balaban J connectivity index is 1.42. The number of hydrogen-bond acceptors (Lipinski definition) is 5. The van der Waals surface area contributed by atoms with E-state index in [4.69, 9.17) is 14.2 Å². The minimum atomic E-state index is -0.541. The molecule has 2 amide bonds. The molecule has 0 N–H and O–H groups in total. The Morgan fingerprint density at radius 1 is 1.07 bits per heavy atom. The van der Waals surface area contributed by atoms with Crippen molar-refractivity contribution in [2.45, 2.75) is 31.7 Å². The Morgan fingerprint density at radius 2 is 1.79 bits per heavy atom. The lowest BCUT2D eigenvalue weighted by Crippen LogP contribution is -2.40. The number of carbonyl (C=O) groups excluding carboxylic acids is 2. The van der Waals surface area contributed by atoms with Gasteiger partial charge < -0.3 is 14.2 Å². The predicted octanol–water partition coefficient (Wildman–Crippen LogP) is 3.83. The molecule has 3 rings (SSSR count). The van der Waals surface area contributed by atoms with Gasteiger partial charge in [0.15, 0.2) is 0 Å². The summed E-state index contributed by atoms with van der Waals surface area (Å²) in [4.78, 5) is 25.8. The maximum atomic E-state index is 12.5. The monoisotopic (exact) mass is 383 g/mol. The molecule has 0 radical (unpaired) electrons. The van der Waals surface area contributed by atoms with E-state index in [1.54, 1.807) is 7.11 Å². The molecular formula is C22H25NO5. The molecule has 6 nitrogen and oxygen atoms in total. The largest absolute Gasteiger partial charge is 0.497 e. The van der Waals surface area contributed by atoms with Crippen LogP contribution < -0.4 is 9.47 Å².